The molecular formula is C15H19N3O3S. The fraction of sp³-hybridized carbons (Fsp3) is 0.533. The van der Waals surface area contributed by atoms with Crippen LogP contribution in [0.4, 0.5) is 0 Å². The summed E-state index contributed by atoms with van der Waals surface area (Å²) in [6.45, 7) is 3.06. The average molecular weight is 321 g/mol. The minimum atomic E-state index is -0.0915. The van der Waals surface area contributed by atoms with E-state index in [9.17, 15) is 9.59 Å². The second-order valence-corrected chi connectivity index (χ2v) is 6.43. The predicted octanol–water partition coefficient (Wildman–Crippen LogP) is 1.53. The van der Waals surface area contributed by atoms with E-state index in [1.54, 1.807) is 6.07 Å². The zero-order chi connectivity index (χ0) is 15.5. The smallest absolute Gasteiger partial charge is 0.262 e. The monoisotopic (exact) mass is 321 g/mol. The van der Waals surface area contributed by atoms with Gasteiger partial charge in [-0.2, -0.15) is 0 Å². The first-order valence-corrected chi connectivity index (χ1v) is 8.37. The molecule has 2 aromatic heterocycles. The third-order valence-corrected chi connectivity index (χ3v) is 4.76. The maximum Gasteiger partial charge on any atom is 0.262 e. The number of rotatable bonds is 5. The van der Waals surface area contributed by atoms with Crippen molar-refractivity contribution in [2.24, 2.45) is 0 Å². The first-order valence-electron chi connectivity index (χ1n) is 7.49. The number of hydrogen-bond acceptors (Lipinski definition) is 5. The molecule has 0 bridgehead atoms. The van der Waals surface area contributed by atoms with Gasteiger partial charge < -0.3 is 10.1 Å². The highest BCUT2D eigenvalue weighted by Gasteiger charge is 2.23. The van der Waals surface area contributed by atoms with E-state index in [4.69, 9.17) is 4.74 Å². The summed E-state index contributed by atoms with van der Waals surface area (Å²) >= 11 is 1.44. The highest BCUT2D eigenvalue weighted by atomic mass is 32.1. The van der Waals surface area contributed by atoms with Crippen molar-refractivity contribution in [3.8, 4) is 0 Å². The van der Waals surface area contributed by atoms with Gasteiger partial charge in [-0.05, 0) is 31.2 Å². The van der Waals surface area contributed by atoms with Crippen molar-refractivity contribution >= 4 is 27.5 Å². The van der Waals surface area contributed by atoms with E-state index in [0.29, 0.717) is 11.9 Å². The van der Waals surface area contributed by atoms with Gasteiger partial charge in [0, 0.05) is 19.6 Å². The van der Waals surface area contributed by atoms with Crippen LogP contribution >= 0.6 is 11.3 Å². The highest BCUT2D eigenvalue weighted by molar-refractivity contribution is 7.16. The molecule has 1 amide bonds. The number of amides is 1. The molecule has 0 unspecified atom stereocenters. The molecular weight excluding hydrogens is 302 g/mol. The van der Waals surface area contributed by atoms with Crippen molar-refractivity contribution in [1.29, 1.82) is 0 Å². The molecule has 2 atom stereocenters. The van der Waals surface area contributed by atoms with Crippen molar-refractivity contribution in [2.75, 3.05) is 6.61 Å². The molecule has 118 valence electrons. The van der Waals surface area contributed by atoms with Crippen LogP contribution in [0.2, 0.25) is 0 Å². The van der Waals surface area contributed by atoms with E-state index < -0.39 is 0 Å². The first-order chi connectivity index (χ1) is 10.6. The second-order valence-electron chi connectivity index (χ2n) is 5.54. The SMILES string of the molecule is C[C@H](NC(=O)CCn1cnc2sccc2c1=O)[C@@H]1CCCO1. The largest absolute Gasteiger partial charge is 0.376 e. The van der Waals surface area contributed by atoms with Crippen molar-refractivity contribution in [3.05, 3.63) is 28.1 Å². The van der Waals surface area contributed by atoms with Crippen LogP contribution in [0.25, 0.3) is 10.2 Å². The summed E-state index contributed by atoms with van der Waals surface area (Å²) < 4.78 is 7.05. The summed E-state index contributed by atoms with van der Waals surface area (Å²) in [6.07, 6.45) is 3.91. The van der Waals surface area contributed by atoms with E-state index >= 15 is 0 Å². The minimum absolute atomic E-state index is 0.00389. The number of aromatic nitrogens is 2. The van der Waals surface area contributed by atoms with Crippen LogP contribution in [0.1, 0.15) is 26.2 Å². The lowest BCUT2D eigenvalue weighted by atomic mass is 10.1. The molecule has 3 rings (SSSR count). The standard InChI is InChI=1S/C15H19N3O3S/c1-10(12-3-2-7-21-12)17-13(19)4-6-18-9-16-14-11(15(18)20)5-8-22-14/h5,8-10,12H,2-4,6-7H2,1H3,(H,17,19)/t10-,12-/m0/s1. The van der Waals surface area contributed by atoms with Gasteiger partial charge in [0.15, 0.2) is 0 Å². The molecule has 1 fully saturated rings. The molecule has 7 heteroatoms. The number of carbonyl (C=O) groups excluding carboxylic acids is 1. The molecule has 6 nitrogen and oxygen atoms in total. The molecule has 1 aliphatic heterocycles. The Labute approximate surface area is 132 Å². The van der Waals surface area contributed by atoms with Crippen LogP contribution in [0.3, 0.4) is 0 Å². The number of carbonyl (C=O) groups is 1. The van der Waals surface area contributed by atoms with Gasteiger partial charge in [0.1, 0.15) is 4.83 Å². The lowest BCUT2D eigenvalue weighted by Gasteiger charge is -2.20. The number of nitrogens with zero attached hydrogens (tertiary/aromatic N) is 2. The number of thiophene rings is 1. The van der Waals surface area contributed by atoms with Gasteiger partial charge >= 0.3 is 0 Å². The Morgan fingerprint density at radius 2 is 2.50 bits per heavy atom. The molecule has 0 saturated carbocycles. The Bertz CT molecular complexity index is 718. The predicted molar refractivity (Wildman–Crippen MR) is 85.1 cm³/mol. The summed E-state index contributed by atoms with van der Waals surface area (Å²) in [5, 5.41) is 5.40. The number of fused-ring (bicyclic) bond motifs is 1. The van der Waals surface area contributed by atoms with E-state index in [-0.39, 0.29) is 30.0 Å². The molecule has 1 saturated heterocycles. The molecule has 0 spiro atoms. The fourth-order valence-electron chi connectivity index (χ4n) is 2.69. The van der Waals surface area contributed by atoms with Crippen LogP contribution in [0.5, 0.6) is 0 Å². The lowest BCUT2D eigenvalue weighted by Crippen LogP contribution is -2.41. The third-order valence-electron chi connectivity index (χ3n) is 3.94. The summed E-state index contributed by atoms with van der Waals surface area (Å²) in [6, 6.07) is 1.77. The van der Waals surface area contributed by atoms with E-state index in [2.05, 4.69) is 10.3 Å². The van der Waals surface area contributed by atoms with Crippen LogP contribution in [0.15, 0.2) is 22.6 Å². The maximum atomic E-state index is 12.2. The van der Waals surface area contributed by atoms with Crippen LogP contribution in [-0.2, 0) is 16.1 Å². The zero-order valence-electron chi connectivity index (χ0n) is 12.4. The van der Waals surface area contributed by atoms with Gasteiger partial charge in [-0.3, -0.25) is 14.2 Å². The van der Waals surface area contributed by atoms with Crippen LogP contribution in [-0.4, -0.2) is 34.2 Å². The highest BCUT2D eigenvalue weighted by Crippen LogP contribution is 2.15. The molecule has 22 heavy (non-hydrogen) atoms. The van der Waals surface area contributed by atoms with Gasteiger partial charge in [0.25, 0.3) is 5.56 Å². The Hall–Kier alpha value is -1.73. The Morgan fingerprint density at radius 3 is 3.27 bits per heavy atom. The molecule has 3 heterocycles. The molecule has 2 aromatic rings. The third kappa shape index (κ3) is 3.20. The molecule has 1 aliphatic rings. The van der Waals surface area contributed by atoms with Crippen LogP contribution in [0, 0.1) is 0 Å². The fourth-order valence-corrected chi connectivity index (χ4v) is 3.41. The summed E-state index contributed by atoms with van der Waals surface area (Å²) in [5.74, 6) is -0.0692. The minimum Gasteiger partial charge on any atom is -0.376 e. The van der Waals surface area contributed by atoms with Crippen molar-refractivity contribution in [2.45, 2.75) is 44.9 Å². The molecule has 0 aromatic carbocycles. The Kier molecular flexibility index (Phi) is 4.54. The average Bonchev–Trinajstić information content (AvgIpc) is 3.18. The lowest BCUT2D eigenvalue weighted by molar-refractivity contribution is -0.122. The van der Waals surface area contributed by atoms with E-state index in [1.807, 2.05) is 12.3 Å². The van der Waals surface area contributed by atoms with Crippen molar-refractivity contribution in [3.63, 3.8) is 0 Å². The second kappa shape index (κ2) is 6.58. The normalized spacial score (nSPS) is 19.4. The quantitative estimate of drug-likeness (QED) is 0.906. The summed E-state index contributed by atoms with van der Waals surface area (Å²) in [4.78, 5) is 29.2. The zero-order valence-corrected chi connectivity index (χ0v) is 13.3. The van der Waals surface area contributed by atoms with Gasteiger partial charge in [-0.25, -0.2) is 4.98 Å². The van der Waals surface area contributed by atoms with E-state index in [0.717, 1.165) is 24.3 Å². The van der Waals surface area contributed by atoms with Gasteiger partial charge in [-0.1, -0.05) is 0 Å². The number of aryl methyl sites for hydroxylation is 1. The number of hydrogen-bond donors (Lipinski definition) is 1. The van der Waals surface area contributed by atoms with Crippen LogP contribution < -0.4 is 10.9 Å². The molecule has 1 N–H and O–H groups in total. The van der Waals surface area contributed by atoms with Gasteiger partial charge in [0.05, 0.1) is 23.9 Å². The van der Waals surface area contributed by atoms with Crippen molar-refractivity contribution < 1.29 is 9.53 Å². The molecule has 0 aliphatic carbocycles. The van der Waals surface area contributed by atoms with Gasteiger partial charge in [-0.15, -0.1) is 11.3 Å². The Balaban J connectivity index is 1.57. The van der Waals surface area contributed by atoms with E-state index in [1.165, 1.54) is 22.2 Å². The van der Waals surface area contributed by atoms with Crippen molar-refractivity contribution in [1.82, 2.24) is 14.9 Å². The topological polar surface area (TPSA) is 73.2 Å². The molecule has 0 radical (unpaired) electrons. The first kappa shape index (κ1) is 15.2. The maximum absolute atomic E-state index is 12.2. The number of nitrogens with one attached hydrogen (secondary N) is 1. The summed E-state index contributed by atoms with van der Waals surface area (Å²) in [7, 11) is 0. The Morgan fingerprint density at radius 1 is 1.64 bits per heavy atom. The summed E-state index contributed by atoms with van der Waals surface area (Å²) in [5.41, 5.74) is -0.0915. The van der Waals surface area contributed by atoms with Gasteiger partial charge in [0.2, 0.25) is 5.91 Å². The number of ether oxygens (including phenoxy) is 1.